The Kier molecular flexibility index (Phi) is 6.73. The number of benzene rings is 2. The molecule has 1 aromatic heterocycles. The molecule has 3 aromatic rings. The van der Waals surface area contributed by atoms with Gasteiger partial charge in [-0.2, -0.15) is 5.26 Å². The van der Waals surface area contributed by atoms with E-state index in [1.54, 1.807) is 36.3 Å². The molecule has 1 aliphatic heterocycles. The van der Waals surface area contributed by atoms with Gasteiger partial charge in [0.1, 0.15) is 11.4 Å². The fourth-order valence-corrected chi connectivity index (χ4v) is 4.86. The van der Waals surface area contributed by atoms with Crippen LogP contribution in [0.4, 0.5) is 9.18 Å². The fraction of sp³-hybridized carbons (Fsp3) is 0.345. The highest BCUT2D eigenvalue weighted by Crippen LogP contribution is 2.44. The van der Waals surface area contributed by atoms with Crippen LogP contribution in [0.1, 0.15) is 50.8 Å². The predicted molar refractivity (Wildman–Crippen MR) is 135 cm³/mol. The molecule has 1 unspecified atom stereocenters. The summed E-state index contributed by atoms with van der Waals surface area (Å²) in [5.74, 6) is -0.369. The summed E-state index contributed by atoms with van der Waals surface area (Å²) in [5.41, 5.74) is 1.73. The highest BCUT2D eigenvalue weighted by Gasteiger charge is 2.46. The quantitative estimate of drug-likeness (QED) is 0.432. The highest BCUT2D eigenvalue weighted by atomic mass is 19.1. The maximum absolute atomic E-state index is 13.6. The Morgan fingerprint density at radius 1 is 1.06 bits per heavy atom. The number of nitrogens with zero attached hydrogens (tertiary/aromatic N) is 3. The zero-order valence-corrected chi connectivity index (χ0v) is 21.0. The second kappa shape index (κ2) is 9.62. The Morgan fingerprint density at radius 2 is 1.69 bits per heavy atom. The van der Waals surface area contributed by atoms with Crippen LogP contribution in [0.15, 0.2) is 71.7 Å². The van der Waals surface area contributed by atoms with E-state index in [0.29, 0.717) is 24.9 Å². The van der Waals surface area contributed by atoms with E-state index in [0.717, 1.165) is 16.7 Å². The van der Waals surface area contributed by atoms with E-state index in [-0.39, 0.29) is 17.4 Å². The van der Waals surface area contributed by atoms with Crippen LogP contribution in [0, 0.1) is 22.6 Å². The van der Waals surface area contributed by atoms with E-state index >= 15 is 0 Å². The largest absolute Gasteiger partial charge is 0.438 e. The van der Waals surface area contributed by atoms with E-state index in [4.69, 9.17) is 4.74 Å². The number of aryl methyl sites for hydroxylation is 1. The first-order valence-corrected chi connectivity index (χ1v) is 12.0. The fourth-order valence-electron chi connectivity index (χ4n) is 4.86. The summed E-state index contributed by atoms with van der Waals surface area (Å²) >= 11 is 0. The molecule has 1 amide bonds. The average Bonchev–Trinajstić information content (AvgIpc) is 2.85. The summed E-state index contributed by atoms with van der Waals surface area (Å²) in [4.78, 5) is 26.7. The number of ether oxygens (including phenoxy) is 1. The summed E-state index contributed by atoms with van der Waals surface area (Å²) in [7, 11) is 1.72. The van der Waals surface area contributed by atoms with Gasteiger partial charge in [-0.15, -0.1) is 0 Å². The number of carbonyl (C=O) groups excluding carboxylic acids is 1. The van der Waals surface area contributed by atoms with Crippen LogP contribution in [-0.2, 0) is 17.4 Å². The van der Waals surface area contributed by atoms with Crippen molar-refractivity contribution in [2.75, 3.05) is 6.54 Å². The first-order valence-electron chi connectivity index (χ1n) is 12.0. The lowest BCUT2D eigenvalue weighted by Gasteiger charge is -2.45. The number of hydrogen-bond acceptors (Lipinski definition) is 4. The molecule has 186 valence electrons. The normalized spacial score (nSPS) is 18.9. The Morgan fingerprint density at radius 3 is 2.28 bits per heavy atom. The number of nitriles is 1. The Hall–Kier alpha value is -3.92. The molecule has 1 saturated heterocycles. The molecule has 0 bridgehead atoms. The van der Waals surface area contributed by atoms with Crippen LogP contribution < -0.4 is 5.56 Å². The van der Waals surface area contributed by atoms with Crippen molar-refractivity contribution in [2.24, 2.45) is 12.5 Å². The second-order valence-electron chi connectivity index (χ2n) is 10.1. The Labute approximate surface area is 210 Å². The maximum atomic E-state index is 13.6. The molecule has 2 heterocycles. The third-order valence-electron chi connectivity index (χ3n) is 6.95. The van der Waals surface area contributed by atoms with Crippen molar-refractivity contribution in [1.29, 1.82) is 5.26 Å². The molecule has 0 radical (unpaired) electrons. The number of rotatable bonds is 6. The van der Waals surface area contributed by atoms with E-state index in [1.807, 2.05) is 45.0 Å². The maximum Gasteiger partial charge on any atom is 0.411 e. The first-order chi connectivity index (χ1) is 17.0. The first kappa shape index (κ1) is 25.2. The lowest BCUT2D eigenvalue weighted by molar-refractivity contribution is -0.0770. The van der Waals surface area contributed by atoms with Crippen LogP contribution >= 0.6 is 0 Å². The second-order valence-corrected chi connectivity index (χ2v) is 10.1. The lowest BCUT2D eigenvalue weighted by atomic mass is 9.75. The Bertz CT molecular complexity index is 1360. The van der Waals surface area contributed by atoms with Crippen LogP contribution in [-0.4, -0.2) is 22.1 Å². The molecule has 0 saturated carbocycles. The van der Waals surface area contributed by atoms with Crippen LogP contribution in [0.2, 0.25) is 0 Å². The van der Waals surface area contributed by atoms with Gasteiger partial charge in [0.05, 0.1) is 17.5 Å². The van der Waals surface area contributed by atoms with Crippen molar-refractivity contribution in [3.05, 3.63) is 94.2 Å². The van der Waals surface area contributed by atoms with Crippen molar-refractivity contribution >= 4 is 6.09 Å². The van der Waals surface area contributed by atoms with E-state index in [2.05, 4.69) is 6.07 Å². The molecule has 2 aromatic carbocycles. The van der Waals surface area contributed by atoms with Gasteiger partial charge in [0.15, 0.2) is 0 Å². The molecular formula is C29H30FN3O3. The third-order valence-corrected chi connectivity index (χ3v) is 6.95. The summed E-state index contributed by atoms with van der Waals surface area (Å²) in [6, 6.07) is 19.2. The summed E-state index contributed by atoms with van der Waals surface area (Å²) < 4.78 is 21.2. The average molecular weight is 488 g/mol. The minimum absolute atomic E-state index is 0.0672. The number of pyridine rings is 1. The zero-order valence-electron chi connectivity index (χ0n) is 21.0. The van der Waals surface area contributed by atoms with Crippen molar-refractivity contribution < 1.29 is 13.9 Å². The zero-order chi connectivity index (χ0) is 26.1. The van der Waals surface area contributed by atoms with Gasteiger partial charge in [-0.05, 0) is 61.2 Å². The van der Waals surface area contributed by atoms with Crippen LogP contribution in [0.5, 0.6) is 0 Å². The SMILES string of the molecule is C[C@@H](c1ccc(-c2ccc(=O)n(C)c2)cc1)N1CCC(CC(C)(C)C#N)(c2ccc(F)cc2)OC1=O. The number of hydrogen-bond donors (Lipinski definition) is 0. The van der Waals surface area contributed by atoms with Gasteiger partial charge in [-0.25, -0.2) is 9.18 Å². The number of halogens is 1. The molecule has 7 heteroatoms. The van der Waals surface area contributed by atoms with Crippen molar-refractivity contribution in [3.8, 4) is 17.2 Å². The summed E-state index contributed by atoms with van der Waals surface area (Å²) in [6.45, 7) is 6.01. The minimum atomic E-state index is -1.01. The summed E-state index contributed by atoms with van der Waals surface area (Å²) in [5, 5.41) is 9.64. The molecule has 1 aliphatic rings. The van der Waals surface area contributed by atoms with Gasteiger partial charge in [-0.3, -0.25) is 4.79 Å². The standard InChI is InChI=1S/C29H30FN3O3/c1-20(21-5-7-22(8-6-21)23-9-14-26(34)32(4)17-23)33-16-15-29(36-27(33)35,18-28(2,3)19-31)24-10-12-25(30)13-11-24/h5-14,17,20H,15-16,18H2,1-4H3/t20-,29?/m0/s1. The smallest absolute Gasteiger partial charge is 0.411 e. The highest BCUT2D eigenvalue weighted by molar-refractivity contribution is 5.70. The van der Waals surface area contributed by atoms with E-state index < -0.39 is 17.1 Å². The molecular weight excluding hydrogens is 457 g/mol. The monoisotopic (exact) mass is 487 g/mol. The van der Waals surface area contributed by atoms with E-state index in [1.165, 1.54) is 22.8 Å². The van der Waals surface area contributed by atoms with Gasteiger partial charge in [-0.1, -0.05) is 36.4 Å². The predicted octanol–water partition coefficient (Wildman–Crippen LogP) is 5.93. The van der Waals surface area contributed by atoms with Crippen molar-refractivity contribution in [1.82, 2.24) is 9.47 Å². The Balaban J connectivity index is 1.56. The molecule has 6 nitrogen and oxygen atoms in total. The molecule has 0 spiro atoms. The molecule has 0 N–H and O–H groups in total. The lowest BCUT2D eigenvalue weighted by Crippen LogP contribution is -2.50. The van der Waals surface area contributed by atoms with Gasteiger partial charge in [0.2, 0.25) is 5.56 Å². The third kappa shape index (κ3) is 5.03. The minimum Gasteiger partial charge on any atom is -0.438 e. The van der Waals surface area contributed by atoms with Crippen molar-refractivity contribution in [3.63, 3.8) is 0 Å². The summed E-state index contributed by atoms with van der Waals surface area (Å²) in [6.07, 6.45) is 2.12. The van der Waals surface area contributed by atoms with Crippen molar-refractivity contribution in [2.45, 2.75) is 45.3 Å². The molecule has 4 rings (SSSR count). The number of cyclic esters (lactones) is 1. The van der Waals surface area contributed by atoms with Crippen LogP contribution in [0.25, 0.3) is 11.1 Å². The number of carbonyl (C=O) groups is 1. The van der Waals surface area contributed by atoms with Gasteiger partial charge >= 0.3 is 6.09 Å². The van der Waals surface area contributed by atoms with Gasteiger partial charge < -0.3 is 14.2 Å². The molecule has 0 aliphatic carbocycles. The van der Waals surface area contributed by atoms with Gasteiger partial charge in [0, 0.05) is 38.7 Å². The molecule has 2 atom stereocenters. The number of aromatic nitrogens is 1. The molecule has 36 heavy (non-hydrogen) atoms. The topological polar surface area (TPSA) is 75.3 Å². The number of amides is 1. The van der Waals surface area contributed by atoms with Gasteiger partial charge in [0.25, 0.3) is 0 Å². The van der Waals surface area contributed by atoms with Crippen LogP contribution in [0.3, 0.4) is 0 Å². The molecule has 1 fully saturated rings. The van der Waals surface area contributed by atoms with E-state index in [9.17, 15) is 19.2 Å².